The summed E-state index contributed by atoms with van der Waals surface area (Å²) in [5.74, 6) is -0.850. The quantitative estimate of drug-likeness (QED) is 0.535. The third-order valence-electron chi connectivity index (χ3n) is 6.11. The molecule has 0 bridgehead atoms. The summed E-state index contributed by atoms with van der Waals surface area (Å²) >= 11 is 0. The highest BCUT2D eigenvalue weighted by Gasteiger charge is 2.25. The fourth-order valence-corrected chi connectivity index (χ4v) is 5.62. The largest absolute Gasteiger partial charge is 0.456 e. The second-order valence-corrected chi connectivity index (χ2v) is 10.6. The van der Waals surface area contributed by atoms with E-state index in [9.17, 15) is 18.0 Å². The van der Waals surface area contributed by atoms with E-state index in [2.05, 4.69) is 5.32 Å². The molecule has 8 heteroatoms. The Labute approximate surface area is 202 Å². The number of ether oxygens (including phenoxy) is 1. The molecule has 2 aromatic carbocycles. The van der Waals surface area contributed by atoms with E-state index >= 15 is 0 Å². The number of hydrogen-bond acceptors (Lipinski definition) is 5. The summed E-state index contributed by atoms with van der Waals surface area (Å²) in [4.78, 5) is 24.6. The molecule has 34 heavy (non-hydrogen) atoms. The van der Waals surface area contributed by atoms with Crippen molar-refractivity contribution in [2.24, 2.45) is 0 Å². The Balaban J connectivity index is 1.47. The molecule has 184 valence electrons. The van der Waals surface area contributed by atoms with Gasteiger partial charge in [-0.25, -0.2) is 8.42 Å². The van der Waals surface area contributed by atoms with Gasteiger partial charge >= 0.3 is 5.97 Å². The molecule has 0 atom stereocenters. The van der Waals surface area contributed by atoms with Crippen LogP contribution in [0, 0.1) is 6.92 Å². The van der Waals surface area contributed by atoms with Gasteiger partial charge in [0.05, 0.1) is 4.90 Å². The van der Waals surface area contributed by atoms with Gasteiger partial charge in [-0.2, -0.15) is 4.31 Å². The minimum Gasteiger partial charge on any atom is -0.456 e. The lowest BCUT2D eigenvalue weighted by atomic mass is 10.1. The zero-order chi connectivity index (χ0) is 24.6. The first-order valence-corrected chi connectivity index (χ1v) is 13.4. The number of nitrogens with zero attached hydrogens (tertiary/aromatic N) is 1. The molecule has 1 amide bonds. The Morgan fingerprint density at radius 2 is 1.68 bits per heavy atom. The number of aryl methyl sites for hydroxylation is 3. The summed E-state index contributed by atoms with van der Waals surface area (Å²) in [6.45, 7) is 4.72. The first-order valence-electron chi connectivity index (χ1n) is 11.9. The lowest BCUT2D eigenvalue weighted by Crippen LogP contribution is -2.31. The molecular weight excluding hydrogens is 452 g/mol. The Morgan fingerprint density at radius 3 is 2.32 bits per heavy atom. The highest BCUT2D eigenvalue weighted by molar-refractivity contribution is 7.89. The number of esters is 1. The first kappa shape index (κ1) is 25.9. The zero-order valence-corrected chi connectivity index (χ0v) is 20.8. The van der Waals surface area contributed by atoms with Gasteiger partial charge in [0.15, 0.2) is 6.61 Å². The zero-order valence-electron chi connectivity index (χ0n) is 20.0. The SMILES string of the molecule is CCc1cccc(C)c1NC(=O)COC(=O)CCc1ccc(S(=O)(=O)N2CCCCCC2)cc1. The predicted molar refractivity (Wildman–Crippen MR) is 132 cm³/mol. The first-order chi connectivity index (χ1) is 16.3. The average Bonchev–Trinajstić information content (AvgIpc) is 3.13. The molecule has 1 aliphatic heterocycles. The second kappa shape index (κ2) is 12.1. The van der Waals surface area contributed by atoms with Crippen LogP contribution in [0.1, 0.15) is 55.7 Å². The minimum absolute atomic E-state index is 0.107. The molecule has 1 aliphatic rings. The van der Waals surface area contributed by atoms with Gasteiger partial charge < -0.3 is 10.1 Å². The molecule has 1 heterocycles. The number of carbonyl (C=O) groups excluding carboxylic acids is 2. The van der Waals surface area contributed by atoms with Gasteiger partial charge in [-0.15, -0.1) is 0 Å². The van der Waals surface area contributed by atoms with Crippen LogP contribution in [0.15, 0.2) is 47.4 Å². The van der Waals surface area contributed by atoms with E-state index in [-0.39, 0.29) is 23.8 Å². The van der Waals surface area contributed by atoms with Crippen molar-refractivity contribution in [3.63, 3.8) is 0 Å². The smallest absolute Gasteiger partial charge is 0.306 e. The van der Waals surface area contributed by atoms with Crippen LogP contribution in [-0.4, -0.2) is 44.3 Å². The van der Waals surface area contributed by atoms with Crippen LogP contribution in [0.25, 0.3) is 0 Å². The lowest BCUT2D eigenvalue weighted by Gasteiger charge is -2.20. The van der Waals surface area contributed by atoms with Crippen molar-refractivity contribution in [2.75, 3.05) is 25.0 Å². The topological polar surface area (TPSA) is 92.8 Å². The number of anilines is 1. The fraction of sp³-hybridized carbons (Fsp3) is 0.462. The molecule has 0 aromatic heterocycles. The summed E-state index contributed by atoms with van der Waals surface area (Å²) in [5, 5.41) is 2.83. The highest BCUT2D eigenvalue weighted by atomic mass is 32.2. The summed E-state index contributed by atoms with van der Waals surface area (Å²) in [5.41, 5.74) is 3.59. The van der Waals surface area contributed by atoms with E-state index in [1.54, 1.807) is 28.6 Å². The van der Waals surface area contributed by atoms with E-state index in [1.165, 1.54) is 0 Å². The molecule has 0 saturated carbocycles. The van der Waals surface area contributed by atoms with Gasteiger partial charge in [-0.05, 0) is 61.4 Å². The number of nitrogens with one attached hydrogen (secondary N) is 1. The van der Waals surface area contributed by atoms with Crippen molar-refractivity contribution in [1.82, 2.24) is 4.31 Å². The van der Waals surface area contributed by atoms with E-state index in [1.807, 2.05) is 32.0 Å². The molecule has 3 rings (SSSR count). The monoisotopic (exact) mass is 486 g/mol. The number of hydrogen-bond donors (Lipinski definition) is 1. The van der Waals surface area contributed by atoms with Gasteiger partial charge in [-0.1, -0.05) is 50.1 Å². The highest BCUT2D eigenvalue weighted by Crippen LogP contribution is 2.22. The molecule has 1 saturated heterocycles. The summed E-state index contributed by atoms with van der Waals surface area (Å²) in [6, 6.07) is 12.5. The van der Waals surface area contributed by atoms with E-state index in [0.717, 1.165) is 54.5 Å². The third-order valence-corrected chi connectivity index (χ3v) is 8.03. The van der Waals surface area contributed by atoms with Crippen molar-refractivity contribution in [1.29, 1.82) is 0 Å². The maximum absolute atomic E-state index is 12.9. The Morgan fingerprint density at radius 1 is 1.00 bits per heavy atom. The molecule has 0 unspecified atom stereocenters. The number of para-hydroxylation sites is 1. The fourth-order valence-electron chi connectivity index (χ4n) is 4.10. The molecule has 1 N–H and O–H groups in total. The Hall–Kier alpha value is -2.71. The maximum Gasteiger partial charge on any atom is 0.306 e. The van der Waals surface area contributed by atoms with Gasteiger partial charge in [-0.3, -0.25) is 9.59 Å². The van der Waals surface area contributed by atoms with Crippen molar-refractivity contribution in [2.45, 2.75) is 63.7 Å². The van der Waals surface area contributed by atoms with Crippen LogP contribution < -0.4 is 5.32 Å². The predicted octanol–water partition coefficient (Wildman–Crippen LogP) is 4.24. The third kappa shape index (κ3) is 6.90. The standard InChI is InChI=1S/C26H34N2O5S/c1-3-22-10-8-9-20(2)26(22)27-24(29)19-33-25(30)16-13-21-11-14-23(15-12-21)34(31,32)28-17-6-4-5-7-18-28/h8-12,14-15H,3-7,13,16-19H2,1-2H3,(H,27,29). The Bertz CT molecular complexity index is 1090. The Kier molecular flexibility index (Phi) is 9.24. The number of carbonyl (C=O) groups is 2. The van der Waals surface area contributed by atoms with E-state index in [0.29, 0.717) is 19.5 Å². The molecule has 7 nitrogen and oxygen atoms in total. The minimum atomic E-state index is -3.49. The van der Waals surface area contributed by atoms with Crippen LogP contribution in [0.3, 0.4) is 0 Å². The van der Waals surface area contributed by atoms with Gasteiger partial charge in [0.2, 0.25) is 10.0 Å². The van der Waals surface area contributed by atoms with Gasteiger partial charge in [0, 0.05) is 25.2 Å². The van der Waals surface area contributed by atoms with Crippen LogP contribution in [0.5, 0.6) is 0 Å². The van der Waals surface area contributed by atoms with E-state index < -0.39 is 16.0 Å². The van der Waals surface area contributed by atoms with Gasteiger partial charge in [0.25, 0.3) is 5.91 Å². The molecule has 2 aromatic rings. The lowest BCUT2D eigenvalue weighted by molar-refractivity contribution is -0.147. The van der Waals surface area contributed by atoms with Crippen molar-refractivity contribution >= 4 is 27.6 Å². The van der Waals surface area contributed by atoms with Gasteiger partial charge in [0.1, 0.15) is 0 Å². The average molecular weight is 487 g/mol. The molecule has 0 aliphatic carbocycles. The number of sulfonamides is 1. The molecule has 0 spiro atoms. The number of rotatable bonds is 9. The number of amides is 1. The van der Waals surface area contributed by atoms with Crippen LogP contribution in [0.2, 0.25) is 0 Å². The second-order valence-electron chi connectivity index (χ2n) is 8.63. The van der Waals surface area contributed by atoms with Crippen LogP contribution >= 0.6 is 0 Å². The molecule has 1 fully saturated rings. The normalized spacial score (nSPS) is 14.9. The summed E-state index contributed by atoms with van der Waals surface area (Å²) < 4.78 is 32.4. The van der Waals surface area contributed by atoms with E-state index in [4.69, 9.17) is 4.74 Å². The van der Waals surface area contributed by atoms with Crippen molar-refractivity contribution in [3.05, 3.63) is 59.2 Å². The van der Waals surface area contributed by atoms with Crippen LogP contribution in [-0.2, 0) is 37.2 Å². The molecular formula is C26H34N2O5S. The van der Waals surface area contributed by atoms with Crippen LogP contribution in [0.4, 0.5) is 5.69 Å². The number of benzene rings is 2. The maximum atomic E-state index is 12.9. The molecule has 0 radical (unpaired) electrons. The van der Waals surface area contributed by atoms with Crippen molar-refractivity contribution < 1.29 is 22.7 Å². The van der Waals surface area contributed by atoms with Crippen molar-refractivity contribution in [3.8, 4) is 0 Å². The summed E-state index contributed by atoms with van der Waals surface area (Å²) in [6.07, 6.45) is 5.21. The summed E-state index contributed by atoms with van der Waals surface area (Å²) in [7, 11) is -3.49.